The topological polar surface area (TPSA) is 85.1 Å². The Morgan fingerprint density at radius 2 is 1.94 bits per heavy atom. The highest BCUT2D eigenvalue weighted by Crippen LogP contribution is 2.14. The van der Waals surface area contributed by atoms with Gasteiger partial charge in [-0.25, -0.2) is 0 Å². The van der Waals surface area contributed by atoms with Crippen molar-refractivity contribution in [3.63, 3.8) is 0 Å². The zero-order valence-electron chi connectivity index (χ0n) is 9.24. The fourth-order valence-electron chi connectivity index (χ4n) is 1.39. The molecule has 2 aromatic rings. The molecule has 6 nitrogen and oxygen atoms in total. The van der Waals surface area contributed by atoms with Crippen LogP contribution >= 0.6 is 0 Å². The van der Waals surface area contributed by atoms with Gasteiger partial charge in [0.05, 0.1) is 11.8 Å². The molecule has 2 rings (SSSR count). The molecule has 6 heteroatoms. The highest BCUT2D eigenvalue weighted by atomic mass is 16.6. The number of nitrogens with one attached hydrogen (secondary N) is 1. The molecule has 1 aromatic carbocycles. The van der Waals surface area contributed by atoms with E-state index in [4.69, 9.17) is 0 Å². The molecule has 18 heavy (non-hydrogen) atoms. The molecule has 0 radical (unpaired) electrons. The van der Waals surface area contributed by atoms with Crippen molar-refractivity contribution in [2.24, 2.45) is 0 Å². The summed E-state index contributed by atoms with van der Waals surface area (Å²) in [6, 6.07) is 11.3. The number of benzene rings is 1. The molecular weight excluding hydrogens is 234 g/mol. The Bertz CT molecular complexity index is 584. The smallest absolute Gasteiger partial charge is 0.358 e. The Morgan fingerprint density at radius 1 is 1.22 bits per heavy atom. The molecule has 0 saturated heterocycles. The van der Waals surface area contributed by atoms with Gasteiger partial charge in [0.1, 0.15) is 6.20 Å². The Labute approximate surface area is 102 Å². The average molecular weight is 243 g/mol. The summed E-state index contributed by atoms with van der Waals surface area (Å²) in [7, 11) is 0. The summed E-state index contributed by atoms with van der Waals surface area (Å²) in [5.74, 6) is -0.628. The first-order chi connectivity index (χ1) is 8.66. The first-order valence-electron chi connectivity index (χ1n) is 5.13. The average Bonchev–Trinajstić information content (AvgIpc) is 2.40. The van der Waals surface area contributed by atoms with Gasteiger partial charge in [-0.15, -0.1) is 0 Å². The minimum atomic E-state index is -0.613. The van der Waals surface area contributed by atoms with Gasteiger partial charge in [0.15, 0.2) is 0 Å². The quantitative estimate of drug-likeness (QED) is 0.661. The van der Waals surface area contributed by atoms with Gasteiger partial charge in [-0.1, -0.05) is 18.2 Å². The summed E-state index contributed by atoms with van der Waals surface area (Å²) < 4.78 is 0. The fraction of sp³-hybridized carbons (Fsp3) is 0. The number of hydrogen-bond donors (Lipinski definition) is 1. The van der Waals surface area contributed by atoms with Gasteiger partial charge in [0, 0.05) is 11.6 Å². The number of aromatic nitrogens is 1. The summed E-state index contributed by atoms with van der Waals surface area (Å²) >= 11 is 0. The molecule has 0 atom stereocenters. The van der Waals surface area contributed by atoms with Crippen LogP contribution < -0.4 is 5.32 Å². The highest BCUT2D eigenvalue weighted by molar-refractivity contribution is 6.04. The number of nitro groups is 1. The van der Waals surface area contributed by atoms with Crippen LogP contribution in [0.25, 0.3) is 0 Å². The van der Waals surface area contributed by atoms with Crippen LogP contribution in [0.2, 0.25) is 0 Å². The zero-order chi connectivity index (χ0) is 13.0. The summed E-state index contributed by atoms with van der Waals surface area (Å²) in [4.78, 5) is 25.3. The van der Waals surface area contributed by atoms with Crippen LogP contribution in [-0.2, 0) is 0 Å². The molecule has 1 aromatic heterocycles. The van der Waals surface area contributed by atoms with E-state index in [0.29, 0.717) is 11.3 Å². The summed E-state index contributed by atoms with van der Waals surface area (Å²) in [6.07, 6.45) is 1.28. The molecule has 0 saturated carbocycles. The third-order valence-electron chi connectivity index (χ3n) is 2.23. The van der Waals surface area contributed by atoms with Crippen LogP contribution in [-0.4, -0.2) is 15.8 Å². The minimum Gasteiger partial charge on any atom is -0.358 e. The first-order valence-corrected chi connectivity index (χ1v) is 5.13. The number of rotatable bonds is 3. The van der Waals surface area contributed by atoms with E-state index < -0.39 is 4.92 Å². The normalized spacial score (nSPS) is 9.78. The fourth-order valence-corrected chi connectivity index (χ4v) is 1.39. The number of carbonyl (C=O) groups excluding carboxylic acids is 1. The predicted molar refractivity (Wildman–Crippen MR) is 65.3 cm³/mol. The van der Waals surface area contributed by atoms with Crippen molar-refractivity contribution in [3.05, 3.63) is 64.3 Å². The van der Waals surface area contributed by atoms with E-state index >= 15 is 0 Å². The van der Waals surface area contributed by atoms with Crippen LogP contribution in [0, 0.1) is 10.1 Å². The van der Waals surface area contributed by atoms with Gasteiger partial charge in [-0.2, -0.15) is 0 Å². The Balaban J connectivity index is 2.17. The predicted octanol–water partition coefficient (Wildman–Crippen LogP) is 2.24. The molecule has 90 valence electrons. The largest absolute Gasteiger partial charge is 0.365 e. The van der Waals surface area contributed by atoms with Gasteiger partial charge in [0.2, 0.25) is 0 Å². The second kappa shape index (κ2) is 5.05. The van der Waals surface area contributed by atoms with E-state index in [2.05, 4.69) is 10.3 Å². The standard InChI is InChI=1S/C12H9N3O3/c16-12(9-4-2-1-3-5-9)14-10-6-7-13-11(8-10)15(17)18/h1-8H,(H,13,14,16). The maximum absolute atomic E-state index is 11.8. The van der Waals surface area contributed by atoms with Gasteiger partial charge < -0.3 is 15.4 Å². The lowest BCUT2D eigenvalue weighted by molar-refractivity contribution is -0.389. The van der Waals surface area contributed by atoms with E-state index in [1.54, 1.807) is 30.3 Å². The van der Waals surface area contributed by atoms with Crippen molar-refractivity contribution >= 4 is 17.4 Å². The Hall–Kier alpha value is -2.76. The van der Waals surface area contributed by atoms with Gasteiger partial charge >= 0.3 is 5.82 Å². The molecule has 0 spiro atoms. The third kappa shape index (κ3) is 2.67. The lowest BCUT2D eigenvalue weighted by Gasteiger charge is -2.03. The summed E-state index contributed by atoms with van der Waals surface area (Å²) in [5.41, 5.74) is 0.822. The Kier molecular flexibility index (Phi) is 3.29. The van der Waals surface area contributed by atoms with E-state index in [1.165, 1.54) is 18.3 Å². The Morgan fingerprint density at radius 3 is 2.61 bits per heavy atom. The van der Waals surface area contributed by atoms with Crippen molar-refractivity contribution in [2.75, 3.05) is 5.32 Å². The van der Waals surface area contributed by atoms with E-state index in [0.717, 1.165) is 0 Å². The molecule has 0 unspecified atom stereocenters. The van der Waals surface area contributed by atoms with Crippen molar-refractivity contribution in [3.8, 4) is 0 Å². The minimum absolute atomic E-state index is 0.305. The molecule has 1 amide bonds. The number of amides is 1. The molecule has 0 aliphatic heterocycles. The molecular formula is C12H9N3O3. The van der Waals surface area contributed by atoms with Crippen LogP contribution in [0.5, 0.6) is 0 Å². The summed E-state index contributed by atoms with van der Waals surface area (Å²) in [5, 5.41) is 13.1. The van der Waals surface area contributed by atoms with Crippen LogP contribution in [0.4, 0.5) is 11.5 Å². The maximum Gasteiger partial charge on any atom is 0.365 e. The number of nitrogens with zero attached hydrogens (tertiary/aromatic N) is 2. The molecule has 0 fully saturated rings. The number of hydrogen-bond acceptors (Lipinski definition) is 4. The van der Waals surface area contributed by atoms with Crippen molar-refractivity contribution in [1.82, 2.24) is 4.98 Å². The van der Waals surface area contributed by atoms with Crippen LogP contribution in [0.15, 0.2) is 48.7 Å². The van der Waals surface area contributed by atoms with Crippen molar-refractivity contribution in [1.29, 1.82) is 0 Å². The zero-order valence-corrected chi connectivity index (χ0v) is 9.24. The van der Waals surface area contributed by atoms with Crippen molar-refractivity contribution < 1.29 is 9.72 Å². The van der Waals surface area contributed by atoms with Crippen molar-refractivity contribution in [2.45, 2.75) is 0 Å². The lowest BCUT2D eigenvalue weighted by Crippen LogP contribution is -2.11. The van der Waals surface area contributed by atoms with E-state index in [-0.39, 0.29) is 11.7 Å². The highest BCUT2D eigenvalue weighted by Gasteiger charge is 2.10. The second-order valence-electron chi connectivity index (χ2n) is 3.48. The first kappa shape index (κ1) is 11.7. The monoisotopic (exact) mass is 243 g/mol. The van der Waals surface area contributed by atoms with Crippen LogP contribution in [0.3, 0.4) is 0 Å². The number of anilines is 1. The molecule has 1 heterocycles. The lowest BCUT2D eigenvalue weighted by atomic mass is 10.2. The maximum atomic E-state index is 11.8. The molecule has 0 aliphatic rings. The van der Waals surface area contributed by atoms with E-state index in [9.17, 15) is 14.9 Å². The molecule has 0 bridgehead atoms. The second-order valence-corrected chi connectivity index (χ2v) is 3.48. The van der Waals surface area contributed by atoms with E-state index in [1.807, 2.05) is 0 Å². The molecule has 1 N–H and O–H groups in total. The summed E-state index contributed by atoms with van der Waals surface area (Å²) in [6.45, 7) is 0. The number of pyridine rings is 1. The molecule has 0 aliphatic carbocycles. The number of carbonyl (C=O) groups is 1. The van der Waals surface area contributed by atoms with Crippen LogP contribution in [0.1, 0.15) is 10.4 Å². The third-order valence-corrected chi connectivity index (χ3v) is 2.23. The van der Waals surface area contributed by atoms with Gasteiger partial charge in [-0.3, -0.25) is 4.79 Å². The van der Waals surface area contributed by atoms with Gasteiger partial charge in [0.25, 0.3) is 5.91 Å². The van der Waals surface area contributed by atoms with Gasteiger partial charge in [-0.05, 0) is 22.0 Å². The SMILES string of the molecule is O=C(Nc1ccnc([N+](=O)[O-])c1)c1ccccc1.